The molecule has 0 radical (unpaired) electrons. The van der Waals surface area contributed by atoms with Gasteiger partial charge in [-0.15, -0.1) is 0 Å². The predicted octanol–water partition coefficient (Wildman–Crippen LogP) is 5.13. The van der Waals surface area contributed by atoms with Gasteiger partial charge in [0, 0.05) is 6.42 Å². The van der Waals surface area contributed by atoms with E-state index >= 15 is 0 Å². The number of rotatable bonds is 6. The van der Waals surface area contributed by atoms with Gasteiger partial charge in [0.2, 0.25) is 0 Å². The van der Waals surface area contributed by atoms with Gasteiger partial charge in [0.05, 0.1) is 0 Å². The number of carbonyl (C=O) groups excluding carboxylic acids is 1. The maximum absolute atomic E-state index is 11.3. The lowest BCUT2D eigenvalue weighted by Crippen LogP contribution is -2.30. The van der Waals surface area contributed by atoms with Gasteiger partial charge in [-0.1, -0.05) is 54.1 Å². The van der Waals surface area contributed by atoms with Crippen LogP contribution in [0.3, 0.4) is 0 Å². The maximum Gasteiger partial charge on any atom is 0.120 e. The second kappa shape index (κ2) is 6.89. The van der Waals surface area contributed by atoms with E-state index in [0.717, 1.165) is 32.0 Å². The second-order valence-electron chi connectivity index (χ2n) is 6.51. The molecule has 0 saturated carbocycles. The van der Waals surface area contributed by atoms with E-state index in [1.807, 2.05) is 6.07 Å². The first-order valence-corrected chi connectivity index (χ1v) is 7.87. The van der Waals surface area contributed by atoms with E-state index in [9.17, 15) is 4.79 Å². The van der Waals surface area contributed by atoms with E-state index in [2.05, 4.69) is 50.8 Å². The summed E-state index contributed by atoms with van der Waals surface area (Å²) in [7, 11) is 0. The van der Waals surface area contributed by atoms with Gasteiger partial charge in [-0.05, 0) is 56.4 Å². The van der Waals surface area contributed by atoms with Gasteiger partial charge in [-0.25, -0.2) is 0 Å². The van der Waals surface area contributed by atoms with Crippen LogP contribution >= 0.6 is 0 Å². The van der Waals surface area contributed by atoms with E-state index in [1.54, 1.807) is 0 Å². The van der Waals surface area contributed by atoms with E-state index < -0.39 is 0 Å². The number of hydrogen-bond donors (Lipinski definition) is 0. The highest BCUT2D eigenvalue weighted by Gasteiger charge is 2.36. The molecule has 0 bridgehead atoms. The molecule has 1 aromatic rings. The van der Waals surface area contributed by atoms with Crippen molar-refractivity contribution in [1.29, 1.82) is 0 Å². The van der Waals surface area contributed by atoms with Crippen LogP contribution in [0.5, 0.6) is 0 Å². The van der Waals surface area contributed by atoms with Gasteiger partial charge < -0.3 is 4.79 Å². The fourth-order valence-corrected chi connectivity index (χ4v) is 3.46. The van der Waals surface area contributed by atoms with Crippen LogP contribution in [-0.4, -0.2) is 6.29 Å². The Kier molecular flexibility index (Phi) is 5.17. The molecule has 0 fully saturated rings. The van der Waals surface area contributed by atoms with Crippen molar-refractivity contribution >= 4 is 6.29 Å². The molecule has 0 unspecified atom stereocenters. The number of aldehydes is 1. The minimum absolute atomic E-state index is 0.0272. The van der Waals surface area contributed by atoms with Crippen molar-refractivity contribution in [3.05, 3.63) is 59.7 Å². The normalized spacial score (nSPS) is 25.2. The Labute approximate surface area is 128 Å². The van der Waals surface area contributed by atoms with Crippen LogP contribution in [-0.2, 0) is 11.2 Å². The molecule has 1 nitrogen and oxygen atoms in total. The zero-order chi connectivity index (χ0) is 15.3. The molecule has 0 spiro atoms. The first-order valence-electron chi connectivity index (χ1n) is 7.87. The summed E-state index contributed by atoms with van der Waals surface area (Å²) in [5.74, 6) is 0.518. The zero-order valence-corrected chi connectivity index (χ0v) is 13.3. The van der Waals surface area contributed by atoms with Crippen molar-refractivity contribution in [3.63, 3.8) is 0 Å². The molecule has 112 valence electrons. The first kappa shape index (κ1) is 15.8. The third kappa shape index (κ3) is 3.72. The molecule has 0 aromatic heterocycles. The lowest BCUT2D eigenvalue weighted by Gasteiger charge is -2.40. The van der Waals surface area contributed by atoms with Crippen molar-refractivity contribution in [2.45, 2.75) is 46.0 Å². The highest BCUT2D eigenvalue weighted by Crippen LogP contribution is 2.47. The van der Waals surface area contributed by atoms with Gasteiger partial charge in [0.1, 0.15) is 6.29 Å². The first-order chi connectivity index (χ1) is 10.1. The standard InChI is InChI=1S/C20H26O/c1-16(2)19-10-9-17(3)20(15-19,13-14-21)12-11-18-7-5-4-6-8-18/h4-9,14,19H,1,10-13,15H2,2-3H3/t19-,20-/m1/s1. The summed E-state index contributed by atoms with van der Waals surface area (Å²) in [5, 5.41) is 0. The summed E-state index contributed by atoms with van der Waals surface area (Å²) in [6.07, 6.45) is 8.28. The predicted molar refractivity (Wildman–Crippen MR) is 89.2 cm³/mol. The smallest absolute Gasteiger partial charge is 0.120 e. The lowest BCUT2D eigenvalue weighted by molar-refractivity contribution is -0.109. The van der Waals surface area contributed by atoms with Crippen LogP contribution in [0.4, 0.5) is 0 Å². The van der Waals surface area contributed by atoms with Crippen molar-refractivity contribution in [2.24, 2.45) is 11.3 Å². The van der Waals surface area contributed by atoms with E-state index in [1.165, 1.54) is 16.7 Å². The molecule has 1 heteroatoms. The molecular weight excluding hydrogens is 256 g/mol. The highest BCUT2D eigenvalue weighted by molar-refractivity contribution is 5.52. The molecule has 0 N–H and O–H groups in total. The molecular formula is C20H26O. The SMILES string of the molecule is C=C(C)[C@@H]1CC=C(C)[C@@](CC=O)(CCc2ccccc2)C1. The average Bonchev–Trinajstić information content (AvgIpc) is 2.49. The largest absolute Gasteiger partial charge is 0.303 e. The second-order valence-corrected chi connectivity index (χ2v) is 6.51. The van der Waals surface area contributed by atoms with Crippen molar-refractivity contribution < 1.29 is 4.79 Å². The summed E-state index contributed by atoms with van der Waals surface area (Å²) in [4.78, 5) is 11.3. The molecule has 0 heterocycles. The third-order valence-electron chi connectivity index (χ3n) is 5.09. The van der Waals surface area contributed by atoms with Crippen LogP contribution in [0.15, 0.2) is 54.1 Å². The van der Waals surface area contributed by atoms with Gasteiger partial charge in [-0.2, -0.15) is 0 Å². The molecule has 0 amide bonds. The molecule has 21 heavy (non-hydrogen) atoms. The number of hydrogen-bond acceptors (Lipinski definition) is 1. The summed E-state index contributed by atoms with van der Waals surface area (Å²) in [5.41, 5.74) is 4.02. The quantitative estimate of drug-likeness (QED) is 0.522. The number of aryl methyl sites for hydroxylation is 1. The third-order valence-corrected chi connectivity index (χ3v) is 5.09. The Bertz CT molecular complexity index is 526. The van der Waals surface area contributed by atoms with E-state index in [-0.39, 0.29) is 5.41 Å². The van der Waals surface area contributed by atoms with Gasteiger partial charge >= 0.3 is 0 Å². The molecule has 1 aliphatic carbocycles. The summed E-state index contributed by atoms with van der Waals surface area (Å²) < 4.78 is 0. The van der Waals surface area contributed by atoms with Crippen LogP contribution in [0.1, 0.15) is 45.1 Å². The monoisotopic (exact) mass is 282 g/mol. The summed E-state index contributed by atoms with van der Waals surface area (Å²) >= 11 is 0. The van der Waals surface area contributed by atoms with Crippen LogP contribution < -0.4 is 0 Å². The molecule has 1 aliphatic rings. The minimum Gasteiger partial charge on any atom is -0.303 e. The van der Waals surface area contributed by atoms with Gasteiger partial charge in [0.25, 0.3) is 0 Å². The Morgan fingerprint density at radius 3 is 2.71 bits per heavy atom. The highest BCUT2D eigenvalue weighted by atomic mass is 16.1. The molecule has 2 atom stereocenters. The lowest BCUT2D eigenvalue weighted by atomic mass is 9.64. The Hall–Kier alpha value is -1.63. The fourth-order valence-electron chi connectivity index (χ4n) is 3.46. The zero-order valence-electron chi connectivity index (χ0n) is 13.3. The van der Waals surface area contributed by atoms with Crippen LogP contribution in [0, 0.1) is 11.3 Å². The van der Waals surface area contributed by atoms with Crippen molar-refractivity contribution in [2.75, 3.05) is 0 Å². The van der Waals surface area contributed by atoms with Crippen LogP contribution in [0.2, 0.25) is 0 Å². The molecule has 0 saturated heterocycles. The average molecular weight is 282 g/mol. The van der Waals surface area contributed by atoms with E-state index in [4.69, 9.17) is 0 Å². The van der Waals surface area contributed by atoms with Crippen molar-refractivity contribution in [1.82, 2.24) is 0 Å². The number of carbonyl (C=O) groups is 1. The van der Waals surface area contributed by atoms with E-state index in [0.29, 0.717) is 12.3 Å². The Balaban J connectivity index is 2.18. The maximum atomic E-state index is 11.3. The minimum atomic E-state index is 0.0272. The fraction of sp³-hybridized carbons (Fsp3) is 0.450. The summed E-state index contributed by atoms with van der Waals surface area (Å²) in [6.45, 7) is 8.44. The van der Waals surface area contributed by atoms with Gasteiger partial charge in [0.15, 0.2) is 0 Å². The summed E-state index contributed by atoms with van der Waals surface area (Å²) in [6, 6.07) is 10.6. The molecule has 0 aliphatic heterocycles. The molecule has 1 aromatic carbocycles. The topological polar surface area (TPSA) is 17.1 Å². The van der Waals surface area contributed by atoms with Gasteiger partial charge in [-0.3, -0.25) is 0 Å². The number of allylic oxidation sites excluding steroid dienone is 3. The number of benzene rings is 1. The Morgan fingerprint density at radius 1 is 1.38 bits per heavy atom. The Morgan fingerprint density at radius 2 is 2.10 bits per heavy atom. The van der Waals surface area contributed by atoms with Crippen molar-refractivity contribution in [3.8, 4) is 0 Å². The molecule has 2 rings (SSSR count). The van der Waals surface area contributed by atoms with Crippen LogP contribution in [0.25, 0.3) is 0 Å².